The number of nitrogens with one attached hydrogen (secondary N) is 1. The normalized spacial score (nSPS) is 22.2. The van der Waals surface area contributed by atoms with Crippen molar-refractivity contribution in [2.75, 3.05) is 12.4 Å². The molecule has 0 radical (unpaired) electrons. The first-order valence-corrected chi connectivity index (χ1v) is 10.1. The quantitative estimate of drug-likeness (QED) is 0.602. The Balaban J connectivity index is 1.90. The summed E-state index contributed by atoms with van der Waals surface area (Å²) in [4.78, 5) is 38.1. The summed E-state index contributed by atoms with van der Waals surface area (Å²) in [6, 6.07) is 0. The molecule has 6 nitrogen and oxygen atoms in total. The van der Waals surface area contributed by atoms with Gasteiger partial charge in [0.05, 0.1) is 24.5 Å². The van der Waals surface area contributed by atoms with E-state index in [0.717, 1.165) is 47.3 Å². The maximum atomic E-state index is 13.0. The summed E-state index contributed by atoms with van der Waals surface area (Å²) >= 11 is 1.42. The number of carboxylic acid groups (broad SMARTS) is 1. The lowest BCUT2D eigenvalue weighted by Crippen LogP contribution is -2.36. The van der Waals surface area contributed by atoms with Gasteiger partial charge in [0, 0.05) is 4.88 Å². The van der Waals surface area contributed by atoms with E-state index in [9.17, 15) is 19.5 Å². The van der Waals surface area contributed by atoms with Crippen molar-refractivity contribution in [3.05, 3.63) is 27.2 Å². The van der Waals surface area contributed by atoms with Gasteiger partial charge in [-0.2, -0.15) is 0 Å². The maximum Gasteiger partial charge on any atom is 0.341 e. The Bertz CT molecular complexity index is 823. The van der Waals surface area contributed by atoms with Gasteiger partial charge in [-0.1, -0.05) is 11.1 Å². The van der Waals surface area contributed by atoms with Crippen molar-refractivity contribution in [1.29, 1.82) is 0 Å². The van der Waals surface area contributed by atoms with Crippen LogP contribution in [0, 0.1) is 11.8 Å². The van der Waals surface area contributed by atoms with Crippen molar-refractivity contribution in [3.8, 4) is 0 Å². The second-order valence-corrected chi connectivity index (χ2v) is 8.52. The molecule has 0 saturated heterocycles. The highest BCUT2D eigenvalue weighted by Crippen LogP contribution is 2.40. The number of hydrogen-bond acceptors (Lipinski definition) is 5. The molecule has 0 spiro atoms. The fourth-order valence-corrected chi connectivity index (χ4v) is 5.28. The Hall–Kier alpha value is -2.15. The lowest BCUT2D eigenvalue weighted by atomic mass is 9.76. The van der Waals surface area contributed by atoms with Crippen LogP contribution in [0.4, 0.5) is 5.00 Å². The molecule has 2 atom stereocenters. The molecule has 0 bridgehead atoms. The molecule has 0 aliphatic heterocycles. The molecule has 146 valence electrons. The van der Waals surface area contributed by atoms with Crippen molar-refractivity contribution in [1.82, 2.24) is 0 Å². The van der Waals surface area contributed by atoms with Crippen LogP contribution in [0.15, 0.2) is 11.1 Å². The highest BCUT2D eigenvalue weighted by molar-refractivity contribution is 7.17. The van der Waals surface area contributed by atoms with E-state index in [0.29, 0.717) is 23.4 Å². The minimum Gasteiger partial charge on any atom is -0.481 e. The predicted molar refractivity (Wildman–Crippen MR) is 103 cm³/mol. The minimum absolute atomic E-state index is 0.335. The number of esters is 1. The SMILES string of the molecule is COC(=O)c1c(NC(=O)C2CC(C)=C(C)CC2C(=O)O)sc2c1CCCC2. The van der Waals surface area contributed by atoms with E-state index < -0.39 is 23.8 Å². The van der Waals surface area contributed by atoms with Crippen LogP contribution in [-0.2, 0) is 27.2 Å². The van der Waals surface area contributed by atoms with Crippen LogP contribution in [0.25, 0.3) is 0 Å². The van der Waals surface area contributed by atoms with Crippen LogP contribution in [-0.4, -0.2) is 30.1 Å². The Morgan fingerprint density at radius 1 is 1.07 bits per heavy atom. The molecule has 0 saturated carbocycles. The molecule has 0 fully saturated rings. The number of carbonyl (C=O) groups is 3. The zero-order chi connectivity index (χ0) is 19.7. The number of carbonyl (C=O) groups excluding carboxylic acids is 2. The number of anilines is 1. The van der Waals surface area contributed by atoms with Crippen LogP contribution in [0.3, 0.4) is 0 Å². The summed E-state index contributed by atoms with van der Waals surface area (Å²) in [5.74, 6) is -3.13. The molecule has 27 heavy (non-hydrogen) atoms. The van der Waals surface area contributed by atoms with E-state index in [1.807, 2.05) is 13.8 Å². The Morgan fingerprint density at radius 2 is 1.70 bits per heavy atom. The molecule has 0 aromatic carbocycles. The van der Waals surface area contributed by atoms with Gasteiger partial charge in [0.25, 0.3) is 0 Å². The maximum absolute atomic E-state index is 13.0. The second kappa shape index (κ2) is 7.84. The predicted octanol–water partition coefficient (Wildman–Crippen LogP) is 3.80. The number of amides is 1. The van der Waals surface area contributed by atoms with E-state index >= 15 is 0 Å². The fourth-order valence-electron chi connectivity index (χ4n) is 4.00. The summed E-state index contributed by atoms with van der Waals surface area (Å²) in [5, 5.41) is 12.9. The third-order valence-electron chi connectivity index (χ3n) is 5.72. The van der Waals surface area contributed by atoms with E-state index in [-0.39, 0.29) is 5.91 Å². The zero-order valence-corrected chi connectivity index (χ0v) is 16.7. The number of aliphatic carboxylic acids is 1. The number of allylic oxidation sites excluding steroid dienone is 2. The summed E-state index contributed by atoms with van der Waals surface area (Å²) < 4.78 is 4.93. The average molecular weight is 391 g/mol. The summed E-state index contributed by atoms with van der Waals surface area (Å²) in [5.41, 5.74) is 3.51. The van der Waals surface area contributed by atoms with Gasteiger partial charge in [0.2, 0.25) is 5.91 Å². The van der Waals surface area contributed by atoms with Crippen molar-refractivity contribution in [3.63, 3.8) is 0 Å². The number of aryl methyl sites for hydroxylation is 1. The van der Waals surface area contributed by atoms with Gasteiger partial charge < -0.3 is 15.2 Å². The van der Waals surface area contributed by atoms with Crippen LogP contribution in [0.5, 0.6) is 0 Å². The first-order valence-electron chi connectivity index (χ1n) is 9.25. The van der Waals surface area contributed by atoms with E-state index in [1.54, 1.807) is 0 Å². The molecule has 2 unspecified atom stereocenters. The lowest BCUT2D eigenvalue weighted by molar-refractivity contribution is -0.146. The Morgan fingerprint density at radius 3 is 2.33 bits per heavy atom. The number of thiophene rings is 1. The molecule has 2 aliphatic carbocycles. The van der Waals surface area contributed by atoms with Crippen molar-refractivity contribution >= 4 is 34.2 Å². The largest absolute Gasteiger partial charge is 0.481 e. The standard InChI is InChI=1S/C20H25NO5S/c1-10-8-13(14(19(23)24)9-11(10)2)17(22)21-18-16(20(25)26-3)12-6-4-5-7-15(12)27-18/h13-14H,4-9H2,1-3H3,(H,21,22)(H,23,24). The van der Waals surface area contributed by atoms with Crippen molar-refractivity contribution < 1.29 is 24.2 Å². The van der Waals surface area contributed by atoms with E-state index in [4.69, 9.17) is 4.74 Å². The summed E-state index contributed by atoms with van der Waals surface area (Å²) in [6.07, 6.45) is 4.57. The van der Waals surface area contributed by atoms with Gasteiger partial charge in [-0.25, -0.2) is 4.79 Å². The fraction of sp³-hybridized carbons (Fsp3) is 0.550. The molecule has 1 aromatic heterocycles. The molecule has 3 rings (SSSR count). The van der Waals surface area contributed by atoms with Crippen molar-refractivity contribution in [2.45, 2.75) is 52.4 Å². The van der Waals surface area contributed by atoms with Gasteiger partial charge in [-0.15, -0.1) is 11.3 Å². The van der Waals surface area contributed by atoms with Crippen LogP contribution in [0.2, 0.25) is 0 Å². The van der Waals surface area contributed by atoms with Crippen LogP contribution < -0.4 is 5.32 Å². The van der Waals surface area contributed by atoms with E-state index in [2.05, 4.69) is 5.32 Å². The molecule has 7 heteroatoms. The summed E-state index contributed by atoms with van der Waals surface area (Å²) in [7, 11) is 1.33. The number of fused-ring (bicyclic) bond motifs is 1. The molecule has 1 heterocycles. The second-order valence-electron chi connectivity index (χ2n) is 7.42. The highest BCUT2D eigenvalue weighted by atomic mass is 32.1. The van der Waals surface area contributed by atoms with Gasteiger partial charge >= 0.3 is 11.9 Å². The smallest absolute Gasteiger partial charge is 0.341 e. The molecule has 2 aliphatic rings. The number of methoxy groups -OCH3 is 1. The zero-order valence-electron chi connectivity index (χ0n) is 15.9. The van der Waals surface area contributed by atoms with Gasteiger partial charge in [-0.3, -0.25) is 9.59 Å². The number of ether oxygens (including phenoxy) is 1. The lowest BCUT2D eigenvalue weighted by Gasteiger charge is -2.29. The number of carboxylic acids is 1. The third-order valence-corrected chi connectivity index (χ3v) is 6.93. The first-order chi connectivity index (χ1) is 12.8. The molecule has 1 aromatic rings. The average Bonchev–Trinajstić information content (AvgIpc) is 3.00. The highest BCUT2D eigenvalue weighted by Gasteiger charge is 2.38. The van der Waals surface area contributed by atoms with Gasteiger partial charge in [0.15, 0.2) is 0 Å². The number of hydrogen-bond donors (Lipinski definition) is 2. The van der Waals surface area contributed by atoms with Crippen LogP contribution >= 0.6 is 11.3 Å². The van der Waals surface area contributed by atoms with Crippen molar-refractivity contribution in [2.24, 2.45) is 11.8 Å². The molecular weight excluding hydrogens is 366 g/mol. The monoisotopic (exact) mass is 391 g/mol. The molecule has 2 N–H and O–H groups in total. The topological polar surface area (TPSA) is 92.7 Å². The Labute approximate surface area is 162 Å². The first kappa shape index (κ1) is 19.6. The van der Waals surface area contributed by atoms with Gasteiger partial charge in [-0.05, 0) is 57.9 Å². The summed E-state index contributed by atoms with van der Waals surface area (Å²) in [6.45, 7) is 3.86. The van der Waals surface area contributed by atoms with Gasteiger partial charge in [0.1, 0.15) is 5.00 Å². The third kappa shape index (κ3) is 3.78. The minimum atomic E-state index is -0.958. The molecular formula is C20H25NO5S. The number of rotatable bonds is 4. The van der Waals surface area contributed by atoms with E-state index in [1.165, 1.54) is 18.4 Å². The Kier molecular flexibility index (Phi) is 5.69. The molecule has 1 amide bonds. The van der Waals surface area contributed by atoms with Crippen LogP contribution in [0.1, 0.15) is 60.3 Å².